The van der Waals surface area contributed by atoms with E-state index in [1.54, 1.807) is 6.92 Å². The van der Waals surface area contributed by atoms with E-state index in [1.807, 2.05) is 24.3 Å². The molecule has 0 bridgehead atoms. The topological polar surface area (TPSA) is 86.0 Å². The molecule has 0 fully saturated rings. The second kappa shape index (κ2) is 5.36. The summed E-state index contributed by atoms with van der Waals surface area (Å²) >= 11 is 0. The van der Waals surface area contributed by atoms with E-state index >= 15 is 0 Å². The number of carboxylic acid groups (broad SMARTS) is 1. The number of carboxylic acids is 1. The number of para-hydroxylation sites is 1. The van der Waals surface area contributed by atoms with Gasteiger partial charge in [-0.25, -0.2) is 0 Å². The number of nitriles is 1. The van der Waals surface area contributed by atoms with Crippen molar-refractivity contribution in [2.24, 2.45) is 0 Å². The first-order chi connectivity index (χ1) is 9.11. The van der Waals surface area contributed by atoms with Crippen LogP contribution in [0.1, 0.15) is 18.9 Å². The molecule has 19 heavy (non-hydrogen) atoms. The van der Waals surface area contributed by atoms with E-state index in [2.05, 4.69) is 16.4 Å². The summed E-state index contributed by atoms with van der Waals surface area (Å²) in [5.41, 5.74) is 1.82. The number of aliphatic carboxylic acids is 1. The molecule has 0 aliphatic rings. The lowest BCUT2D eigenvalue weighted by Crippen LogP contribution is -2.20. The van der Waals surface area contributed by atoms with E-state index in [4.69, 9.17) is 10.4 Å². The molecule has 2 N–H and O–H groups in total. The minimum Gasteiger partial charge on any atom is -0.481 e. The largest absolute Gasteiger partial charge is 0.481 e. The Labute approximate surface area is 110 Å². The number of rotatable bonds is 4. The average Bonchev–Trinajstić information content (AvgIpc) is 2.38. The smallest absolute Gasteiger partial charge is 0.305 e. The van der Waals surface area contributed by atoms with Crippen molar-refractivity contribution in [2.75, 3.05) is 5.32 Å². The third-order valence-corrected chi connectivity index (χ3v) is 2.77. The van der Waals surface area contributed by atoms with Gasteiger partial charge in [0.05, 0.1) is 23.2 Å². The van der Waals surface area contributed by atoms with Crippen LogP contribution in [0.5, 0.6) is 0 Å². The molecule has 2 rings (SSSR count). The van der Waals surface area contributed by atoms with Gasteiger partial charge in [0.1, 0.15) is 6.07 Å². The first kappa shape index (κ1) is 12.8. The van der Waals surface area contributed by atoms with Crippen molar-refractivity contribution in [3.8, 4) is 6.07 Å². The number of anilines is 1. The van der Waals surface area contributed by atoms with E-state index in [1.165, 1.54) is 6.20 Å². The molecule has 0 radical (unpaired) electrons. The molecule has 1 unspecified atom stereocenters. The van der Waals surface area contributed by atoms with Crippen molar-refractivity contribution in [3.05, 3.63) is 36.0 Å². The van der Waals surface area contributed by atoms with Gasteiger partial charge in [0.2, 0.25) is 0 Å². The zero-order valence-corrected chi connectivity index (χ0v) is 10.4. The summed E-state index contributed by atoms with van der Waals surface area (Å²) in [5, 5.41) is 21.8. The maximum Gasteiger partial charge on any atom is 0.305 e. The Morgan fingerprint density at radius 3 is 2.95 bits per heavy atom. The molecule has 0 saturated carbocycles. The quantitative estimate of drug-likeness (QED) is 0.876. The molecule has 96 valence electrons. The summed E-state index contributed by atoms with van der Waals surface area (Å²) in [6.45, 7) is 1.77. The fourth-order valence-corrected chi connectivity index (χ4v) is 1.94. The number of fused-ring (bicyclic) bond motifs is 1. The second-order valence-corrected chi connectivity index (χ2v) is 4.32. The normalized spacial score (nSPS) is 11.8. The van der Waals surface area contributed by atoms with Gasteiger partial charge in [0.15, 0.2) is 0 Å². The predicted molar refractivity (Wildman–Crippen MR) is 71.8 cm³/mol. The SMILES string of the molecule is CC(CC(=O)O)Nc1c(C#N)cnc2ccccc12. The highest BCUT2D eigenvalue weighted by atomic mass is 16.4. The summed E-state index contributed by atoms with van der Waals surface area (Å²) < 4.78 is 0. The summed E-state index contributed by atoms with van der Waals surface area (Å²) in [6.07, 6.45) is 1.49. The number of nitrogens with one attached hydrogen (secondary N) is 1. The van der Waals surface area contributed by atoms with Crippen LogP contribution in [0.25, 0.3) is 10.9 Å². The molecule has 5 nitrogen and oxygen atoms in total. The van der Waals surface area contributed by atoms with E-state index in [0.29, 0.717) is 11.3 Å². The fraction of sp³-hybridized carbons (Fsp3) is 0.214. The Morgan fingerprint density at radius 1 is 1.53 bits per heavy atom. The minimum atomic E-state index is -0.878. The highest BCUT2D eigenvalue weighted by Crippen LogP contribution is 2.26. The van der Waals surface area contributed by atoms with Gasteiger partial charge in [0.25, 0.3) is 0 Å². The number of carbonyl (C=O) groups is 1. The third-order valence-electron chi connectivity index (χ3n) is 2.77. The summed E-state index contributed by atoms with van der Waals surface area (Å²) in [7, 11) is 0. The maximum absolute atomic E-state index is 10.7. The molecule has 0 aliphatic heterocycles. The summed E-state index contributed by atoms with van der Waals surface area (Å²) in [5.74, 6) is -0.878. The van der Waals surface area contributed by atoms with Crippen molar-refractivity contribution in [1.82, 2.24) is 4.98 Å². The Kier molecular flexibility index (Phi) is 3.62. The molecule has 0 saturated heterocycles. The Bertz CT molecular complexity index is 661. The van der Waals surface area contributed by atoms with Gasteiger partial charge in [-0.3, -0.25) is 9.78 Å². The molecule has 1 aromatic carbocycles. The van der Waals surface area contributed by atoms with Crippen molar-refractivity contribution < 1.29 is 9.90 Å². The van der Waals surface area contributed by atoms with Gasteiger partial charge in [-0.15, -0.1) is 0 Å². The van der Waals surface area contributed by atoms with Crippen LogP contribution in [0.3, 0.4) is 0 Å². The van der Waals surface area contributed by atoms with Crippen LogP contribution < -0.4 is 5.32 Å². The van der Waals surface area contributed by atoms with Crippen LogP contribution in [0, 0.1) is 11.3 Å². The van der Waals surface area contributed by atoms with Crippen molar-refractivity contribution in [1.29, 1.82) is 5.26 Å². The number of pyridine rings is 1. The number of aromatic nitrogens is 1. The third kappa shape index (κ3) is 2.80. The molecular weight excluding hydrogens is 242 g/mol. The Morgan fingerprint density at radius 2 is 2.26 bits per heavy atom. The highest BCUT2D eigenvalue weighted by Gasteiger charge is 2.13. The first-order valence-electron chi connectivity index (χ1n) is 5.88. The van der Waals surface area contributed by atoms with E-state index < -0.39 is 5.97 Å². The molecule has 0 spiro atoms. The minimum absolute atomic E-state index is 0.0124. The Balaban J connectivity index is 2.45. The van der Waals surface area contributed by atoms with Crippen LogP contribution in [0.15, 0.2) is 30.5 Å². The molecule has 0 amide bonds. The van der Waals surface area contributed by atoms with Gasteiger partial charge in [-0.2, -0.15) is 5.26 Å². The molecule has 1 heterocycles. The lowest BCUT2D eigenvalue weighted by Gasteiger charge is -2.16. The zero-order valence-electron chi connectivity index (χ0n) is 10.4. The number of hydrogen-bond donors (Lipinski definition) is 2. The van der Waals surface area contributed by atoms with Crippen LogP contribution >= 0.6 is 0 Å². The van der Waals surface area contributed by atoms with E-state index in [0.717, 1.165) is 10.9 Å². The van der Waals surface area contributed by atoms with Crippen molar-refractivity contribution in [2.45, 2.75) is 19.4 Å². The van der Waals surface area contributed by atoms with E-state index in [-0.39, 0.29) is 12.5 Å². The van der Waals surface area contributed by atoms with Gasteiger partial charge in [-0.05, 0) is 13.0 Å². The molecule has 1 atom stereocenters. The van der Waals surface area contributed by atoms with Gasteiger partial charge < -0.3 is 10.4 Å². The lowest BCUT2D eigenvalue weighted by molar-refractivity contribution is -0.137. The van der Waals surface area contributed by atoms with Gasteiger partial charge in [-0.1, -0.05) is 18.2 Å². The standard InChI is InChI=1S/C14H13N3O2/c1-9(6-13(18)19)17-14-10(7-15)8-16-12-5-3-2-4-11(12)14/h2-5,8-9H,6H2,1H3,(H,16,17)(H,18,19). The Hall–Kier alpha value is -2.61. The molecule has 0 aliphatic carbocycles. The van der Waals surface area contributed by atoms with Gasteiger partial charge >= 0.3 is 5.97 Å². The maximum atomic E-state index is 10.7. The number of nitrogens with zero attached hydrogens (tertiary/aromatic N) is 2. The molecule has 1 aromatic heterocycles. The lowest BCUT2D eigenvalue weighted by atomic mass is 10.1. The van der Waals surface area contributed by atoms with Crippen molar-refractivity contribution in [3.63, 3.8) is 0 Å². The average molecular weight is 255 g/mol. The molecular formula is C14H13N3O2. The zero-order chi connectivity index (χ0) is 13.8. The highest BCUT2D eigenvalue weighted by molar-refractivity contribution is 5.94. The van der Waals surface area contributed by atoms with Crippen LogP contribution in [-0.4, -0.2) is 22.1 Å². The van der Waals surface area contributed by atoms with Gasteiger partial charge in [0, 0.05) is 17.6 Å². The van der Waals surface area contributed by atoms with Crippen molar-refractivity contribution >= 4 is 22.6 Å². The van der Waals surface area contributed by atoms with E-state index in [9.17, 15) is 4.79 Å². The second-order valence-electron chi connectivity index (χ2n) is 4.32. The monoisotopic (exact) mass is 255 g/mol. The molecule has 2 aromatic rings. The fourth-order valence-electron chi connectivity index (χ4n) is 1.94. The van der Waals surface area contributed by atoms with Crippen LogP contribution in [0.2, 0.25) is 0 Å². The molecule has 5 heteroatoms. The van der Waals surface area contributed by atoms with Crippen LogP contribution in [-0.2, 0) is 4.79 Å². The number of benzene rings is 1. The summed E-state index contributed by atoms with van der Waals surface area (Å²) in [4.78, 5) is 14.9. The predicted octanol–water partition coefficient (Wildman–Crippen LogP) is 2.38. The first-order valence-corrected chi connectivity index (χ1v) is 5.88. The van der Waals surface area contributed by atoms with Crippen LogP contribution in [0.4, 0.5) is 5.69 Å². The summed E-state index contributed by atoms with van der Waals surface area (Å²) in [6, 6.07) is 9.24. The number of hydrogen-bond acceptors (Lipinski definition) is 4.